The summed E-state index contributed by atoms with van der Waals surface area (Å²) < 4.78 is 2.24. The predicted octanol–water partition coefficient (Wildman–Crippen LogP) is 4.23. The average molecular weight is 361 g/mol. The number of hydrogen-bond donors (Lipinski definition) is 0. The molecule has 1 unspecified atom stereocenters. The maximum Gasteiger partial charge on any atom is 0.128 e. The monoisotopic (exact) mass is 361 g/mol. The van der Waals surface area contributed by atoms with Gasteiger partial charge in [0, 0.05) is 43.3 Å². The molecule has 3 aromatic rings. The van der Waals surface area contributed by atoms with Crippen LogP contribution >= 0.6 is 0 Å². The second-order valence-electron chi connectivity index (χ2n) is 7.59. The third-order valence-electron chi connectivity index (χ3n) is 5.26. The minimum Gasteiger partial charge on any atom is -0.356 e. The van der Waals surface area contributed by atoms with E-state index >= 15 is 0 Å². The van der Waals surface area contributed by atoms with E-state index in [1.165, 1.54) is 6.42 Å². The molecule has 3 aromatic heterocycles. The molecule has 140 valence electrons. The van der Waals surface area contributed by atoms with E-state index in [0.717, 1.165) is 49.1 Å². The molecule has 1 aliphatic heterocycles. The molecular weight excluding hydrogens is 334 g/mol. The van der Waals surface area contributed by atoms with E-state index in [9.17, 15) is 0 Å². The van der Waals surface area contributed by atoms with Crippen LogP contribution in [0.3, 0.4) is 0 Å². The quantitative estimate of drug-likeness (QED) is 0.682. The van der Waals surface area contributed by atoms with Gasteiger partial charge in [0.1, 0.15) is 11.6 Å². The van der Waals surface area contributed by atoms with Crippen molar-refractivity contribution in [2.24, 2.45) is 0 Å². The predicted molar refractivity (Wildman–Crippen MR) is 108 cm³/mol. The number of imidazole rings is 1. The summed E-state index contributed by atoms with van der Waals surface area (Å²) in [5, 5.41) is 0. The van der Waals surface area contributed by atoms with E-state index in [0.29, 0.717) is 11.8 Å². The molecule has 4 heterocycles. The Morgan fingerprint density at radius 1 is 1.07 bits per heavy atom. The second kappa shape index (κ2) is 7.91. The molecule has 1 aliphatic rings. The Labute approximate surface area is 161 Å². The van der Waals surface area contributed by atoms with Crippen molar-refractivity contribution >= 4 is 5.82 Å². The first kappa shape index (κ1) is 17.7. The van der Waals surface area contributed by atoms with Gasteiger partial charge in [0.2, 0.25) is 0 Å². The van der Waals surface area contributed by atoms with Crippen molar-refractivity contribution in [1.29, 1.82) is 0 Å². The van der Waals surface area contributed by atoms with Gasteiger partial charge in [0.05, 0.1) is 12.2 Å². The Balaban J connectivity index is 1.52. The van der Waals surface area contributed by atoms with Crippen LogP contribution in [0.1, 0.15) is 55.7 Å². The molecule has 0 amide bonds. The first-order valence-corrected chi connectivity index (χ1v) is 9.83. The number of pyridine rings is 2. The van der Waals surface area contributed by atoms with Gasteiger partial charge >= 0.3 is 0 Å². The third-order valence-corrected chi connectivity index (χ3v) is 5.26. The summed E-state index contributed by atoms with van der Waals surface area (Å²) in [7, 11) is 0. The highest BCUT2D eigenvalue weighted by atomic mass is 15.2. The number of hydrogen-bond acceptors (Lipinski definition) is 4. The number of anilines is 1. The van der Waals surface area contributed by atoms with Crippen LogP contribution in [-0.4, -0.2) is 32.6 Å². The largest absolute Gasteiger partial charge is 0.356 e. The fourth-order valence-electron chi connectivity index (χ4n) is 3.81. The summed E-state index contributed by atoms with van der Waals surface area (Å²) in [4.78, 5) is 16.5. The van der Waals surface area contributed by atoms with Crippen molar-refractivity contribution in [3.05, 3.63) is 72.2 Å². The molecule has 1 atom stereocenters. The number of aromatic nitrogens is 4. The molecule has 4 rings (SSSR count). The van der Waals surface area contributed by atoms with Gasteiger partial charge in [0.25, 0.3) is 0 Å². The molecular formula is C22H27N5. The fraction of sp³-hybridized carbons (Fsp3) is 0.409. The van der Waals surface area contributed by atoms with Crippen LogP contribution in [0, 0.1) is 0 Å². The number of piperidine rings is 1. The molecule has 0 aliphatic carbocycles. The maximum absolute atomic E-state index is 4.89. The molecule has 0 bridgehead atoms. The topological polar surface area (TPSA) is 46.8 Å². The summed E-state index contributed by atoms with van der Waals surface area (Å²) in [5.41, 5.74) is 2.22. The summed E-state index contributed by atoms with van der Waals surface area (Å²) in [6, 6.07) is 12.4. The van der Waals surface area contributed by atoms with Gasteiger partial charge in [-0.25, -0.2) is 9.97 Å². The van der Waals surface area contributed by atoms with Crippen molar-refractivity contribution in [2.75, 3.05) is 18.0 Å². The van der Waals surface area contributed by atoms with Crippen LogP contribution in [0.15, 0.2) is 55.0 Å². The molecule has 1 saturated heterocycles. The van der Waals surface area contributed by atoms with Crippen molar-refractivity contribution in [3.8, 4) is 0 Å². The smallest absolute Gasteiger partial charge is 0.128 e. The Morgan fingerprint density at radius 3 is 2.81 bits per heavy atom. The van der Waals surface area contributed by atoms with Gasteiger partial charge in [-0.15, -0.1) is 0 Å². The lowest BCUT2D eigenvalue weighted by molar-refractivity contribution is 0.473. The van der Waals surface area contributed by atoms with E-state index in [2.05, 4.69) is 58.8 Å². The molecule has 0 saturated carbocycles. The lowest BCUT2D eigenvalue weighted by atomic mass is 9.97. The van der Waals surface area contributed by atoms with Gasteiger partial charge in [-0.3, -0.25) is 4.98 Å². The van der Waals surface area contributed by atoms with Gasteiger partial charge < -0.3 is 9.47 Å². The van der Waals surface area contributed by atoms with Crippen LogP contribution in [0.25, 0.3) is 0 Å². The van der Waals surface area contributed by atoms with E-state index in [1.54, 1.807) is 0 Å². The van der Waals surface area contributed by atoms with Gasteiger partial charge in [-0.2, -0.15) is 0 Å². The highest BCUT2D eigenvalue weighted by Crippen LogP contribution is 2.29. The maximum atomic E-state index is 4.89. The SMILES string of the molecule is CC(C)c1cccc(N2CCCC(c3nccn3Cc3ccccn3)C2)n1. The molecule has 5 nitrogen and oxygen atoms in total. The average Bonchev–Trinajstić information content (AvgIpc) is 3.17. The summed E-state index contributed by atoms with van der Waals surface area (Å²) in [5.74, 6) is 3.11. The van der Waals surface area contributed by atoms with Crippen LogP contribution < -0.4 is 4.90 Å². The molecule has 0 radical (unpaired) electrons. The summed E-state index contributed by atoms with van der Waals surface area (Å²) in [6.07, 6.45) is 8.16. The zero-order chi connectivity index (χ0) is 18.6. The second-order valence-corrected chi connectivity index (χ2v) is 7.59. The van der Waals surface area contributed by atoms with E-state index in [-0.39, 0.29) is 0 Å². The van der Waals surface area contributed by atoms with Crippen LogP contribution in [0.2, 0.25) is 0 Å². The highest BCUT2D eigenvalue weighted by molar-refractivity contribution is 5.41. The normalized spacial score (nSPS) is 17.4. The first-order valence-electron chi connectivity index (χ1n) is 9.83. The molecule has 0 spiro atoms. The zero-order valence-corrected chi connectivity index (χ0v) is 16.1. The summed E-state index contributed by atoms with van der Waals surface area (Å²) in [6.45, 7) is 7.19. The Bertz CT molecular complexity index is 871. The molecule has 27 heavy (non-hydrogen) atoms. The summed E-state index contributed by atoms with van der Waals surface area (Å²) >= 11 is 0. The molecule has 0 N–H and O–H groups in total. The van der Waals surface area contributed by atoms with Crippen molar-refractivity contribution in [2.45, 2.75) is 45.1 Å². The minimum atomic E-state index is 0.418. The van der Waals surface area contributed by atoms with E-state index in [4.69, 9.17) is 9.97 Å². The Kier molecular flexibility index (Phi) is 5.19. The minimum absolute atomic E-state index is 0.418. The van der Waals surface area contributed by atoms with Gasteiger partial charge in [0.15, 0.2) is 0 Å². The molecule has 5 heteroatoms. The Hall–Kier alpha value is -2.69. The van der Waals surface area contributed by atoms with Crippen molar-refractivity contribution < 1.29 is 0 Å². The third kappa shape index (κ3) is 4.02. The lowest BCUT2D eigenvalue weighted by Gasteiger charge is -2.33. The molecule has 1 fully saturated rings. The Morgan fingerprint density at radius 2 is 2.00 bits per heavy atom. The van der Waals surface area contributed by atoms with E-state index in [1.807, 2.05) is 24.5 Å². The van der Waals surface area contributed by atoms with Crippen LogP contribution in [0.5, 0.6) is 0 Å². The fourth-order valence-corrected chi connectivity index (χ4v) is 3.81. The first-order chi connectivity index (χ1) is 13.2. The number of nitrogens with zero attached hydrogens (tertiary/aromatic N) is 5. The van der Waals surface area contributed by atoms with Gasteiger partial charge in [-0.05, 0) is 43.0 Å². The zero-order valence-electron chi connectivity index (χ0n) is 16.1. The van der Waals surface area contributed by atoms with Crippen LogP contribution in [-0.2, 0) is 6.54 Å². The van der Waals surface area contributed by atoms with Crippen molar-refractivity contribution in [1.82, 2.24) is 19.5 Å². The molecule has 0 aromatic carbocycles. The van der Waals surface area contributed by atoms with Gasteiger partial charge in [-0.1, -0.05) is 26.0 Å². The van der Waals surface area contributed by atoms with Crippen LogP contribution in [0.4, 0.5) is 5.82 Å². The standard InChI is InChI=1S/C22H27N5/c1-17(2)20-9-5-10-21(25-20)26-13-6-7-18(15-26)22-24-12-14-27(22)16-19-8-3-4-11-23-19/h3-5,8-12,14,17-18H,6-7,13,15-16H2,1-2H3. The highest BCUT2D eigenvalue weighted by Gasteiger charge is 2.25. The van der Waals surface area contributed by atoms with Crippen molar-refractivity contribution in [3.63, 3.8) is 0 Å². The lowest BCUT2D eigenvalue weighted by Crippen LogP contribution is -2.36. The van der Waals surface area contributed by atoms with E-state index < -0.39 is 0 Å². The number of rotatable bonds is 5.